The van der Waals surface area contributed by atoms with Crippen LogP contribution in [-0.4, -0.2) is 30.4 Å². The largest absolute Gasteiger partial charge is 0.322 e. The van der Waals surface area contributed by atoms with Gasteiger partial charge in [-0.3, -0.25) is 9.52 Å². The number of nitrogens with one attached hydrogen (secondary N) is 2. The average molecular weight is 384 g/mol. The molecule has 0 radical (unpaired) electrons. The van der Waals surface area contributed by atoms with E-state index in [1.54, 1.807) is 36.4 Å². The number of hydrogen-bond donors (Lipinski definition) is 2. The van der Waals surface area contributed by atoms with Gasteiger partial charge in [0.25, 0.3) is 5.91 Å². The maximum atomic E-state index is 12.4. The van der Waals surface area contributed by atoms with Gasteiger partial charge in [0.15, 0.2) is 0 Å². The van der Waals surface area contributed by atoms with Gasteiger partial charge in [-0.15, -0.1) is 0 Å². The van der Waals surface area contributed by atoms with Gasteiger partial charge in [0, 0.05) is 22.6 Å². The summed E-state index contributed by atoms with van der Waals surface area (Å²) >= 11 is 0. The summed E-state index contributed by atoms with van der Waals surface area (Å²) in [6, 6.07) is 15.6. The smallest absolute Gasteiger partial charge is 0.255 e. The highest BCUT2D eigenvalue weighted by atomic mass is 32.2. The van der Waals surface area contributed by atoms with Crippen LogP contribution in [-0.2, 0) is 10.0 Å². The monoisotopic (exact) mass is 384 g/mol. The van der Waals surface area contributed by atoms with Crippen LogP contribution in [0.3, 0.4) is 0 Å². The van der Waals surface area contributed by atoms with Crippen molar-refractivity contribution < 1.29 is 13.2 Å². The molecule has 7 nitrogen and oxygen atoms in total. The predicted molar refractivity (Wildman–Crippen MR) is 106 cm³/mol. The molecular weight excluding hydrogens is 364 g/mol. The number of aromatic nitrogens is 2. The Morgan fingerprint density at radius 1 is 0.963 bits per heavy atom. The number of nitrogens with zero attached hydrogens (tertiary/aromatic N) is 2. The van der Waals surface area contributed by atoms with Crippen LogP contribution in [0.25, 0.3) is 5.69 Å². The van der Waals surface area contributed by atoms with E-state index in [0.717, 1.165) is 23.3 Å². The number of benzene rings is 2. The highest BCUT2D eigenvalue weighted by molar-refractivity contribution is 7.92. The zero-order chi connectivity index (χ0) is 19.6. The van der Waals surface area contributed by atoms with Crippen molar-refractivity contribution in [1.82, 2.24) is 9.78 Å². The molecule has 0 saturated carbocycles. The third-order valence-electron chi connectivity index (χ3n) is 3.83. The van der Waals surface area contributed by atoms with E-state index in [1.165, 1.54) is 0 Å². The molecule has 140 valence electrons. The van der Waals surface area contributed by atoms with Crippen LogP contribution in [0.2, 0.25) is 0 Å². The van der Waals surface area contributed by atoms with Crippen molar-refractivity contribution in [2.45, 2.75) is 13.8 Å². The van der Waals surface area contributed by atoms with E-state index in [-0.39, 0.29) is 5.91 Å². The summed E-state index contributed by atoms with van der Waals surface area (Å²) in [6.07, 6.45) is 1.08. The van der Waals surface area contributed by atoms with Crippen molar-refractivity contribution >= 4 is 27.3 Å². The number of anilines is 2. The Kier molecular flexibility index (Phi) is 5.00. The fourth-order valence-corrected chi connectivity index (χ4v) is 3.25. The van der Waals surface area contributed by atoms with Gasteiger partial charge >= 0.3 is 0 Å². The molecule has 0 aliphatic heterocycles. The first-order valence-corrected chi connectivity index (χ1v) is 10.1. The van der Waals surface area contributed by atoms with Crippen molar-refractivity contribution in [2.24, 2.45) is 0 Å². The van der Waals surface area contributed by atoms with Crippen LogP contribution in [0, 0.1) is 13.8 Å². The third-order valence-corrected chi connectivity index (χ3v) is 4.44. The fraction of sp³-hybridized carbons (Fsp3) is 0.158. The van der Waals surface area contributed by atoms with E-state index in [9.17, 15) is 13.2 Å². The number of aryl methyl sites for hydroxylation is 2. The van der Waals surface area contributed by atoms with Gasteiger partial charge in [0.1, 0.15) is 0 Å². The average Bonchev–Trinajstić information content (AvgIpc) is 2.94. The molecule has 3 aromatic rings. The zero-order valence-corrected chi connectivity index (χ0v) is 16.0. The molecule has 27 heavy (non-hydrogen) atoms. The second kappa shape index (κ2) is 7.24. The maximum Gasteiger partial charge on any atom is 0.255 e. The third kappa shape index (κ3) is 4.73. The quantitative estimate of drug-likeness (QED) is 0.707. The van der Waals surface area contributed by atoms with E-state index < -0.39 is 10.0 Å². The van der Waals surface area contributed by atoms with E-state index in [1.807, 2.05) is 36.7 Å². The van der Waals surface area contributed by atoms with Gasteiger partial charge < -0.3 is 5.32 Å². The van der Waals surface area contributed by atoms with Crippen molar-refractivity contribution in [2.75, 3.05) is 16.3 Å². The van der Waals surface area contributed by atoms with Gasteiger partial charge in [0.05, 0.1) is 17.6 Å². The number of carbonyl (C=O) groups excluding carboxylic acids is 1. The summed E-state index contributed by atoms with van der Waals surface area (Å²) in [5.74, 6) is -0.251. The molecule has 0 fully saturated rings. The molecule has 0 unspecified atom stereocenters. The SMILES string of the molecule is Cc1cc(C)n(-c2ccc(C(=O)Nc3ccc(NS(C)(=O)=O)cc3)cc2)n1. The van der Waals surface area contributed by atoms with E-state index >= 15 is 0 Å². The fourth-order valence-electron chi connectivity index (χ4n) is 2.68. The number of sulfonamides is 1. The molecule has 1 amide bonds. The number of rotatable bonds is 5. The Morgan fingerprint density at radius 2 is 1.56 bits per heavy atom. The first-order valence-electron chi connectivity index (χ1n) is 8.24. The van der Waals surface area contributed by atoms with Crippen LogP contribution < -0.4 is 10.0 Å². The second-order valence-corrected chi connectivity index (χ2v) is 8.04. The lowest BCUT2D eigenvalue weighted by Crippen LogP contribution is -2.12. The molecular formula is C19H20N4O3S. The summed E-state index contributed by atoms with van der Waals surface area (Å²) < 4.78 is 26.6. The van der Waals surface area contributed by atoms with Crippen molar-refractivity contribution in [3.63, 3.8) is 0 Å². The standard InChI is InChI=1S/C19H20N4O3S/c1-13-12-14(2)23(21-13)18-10-4-15(5-11-18)19(24)20-16-6-8-17(9-7-16)22-27(3,25)26/h4-12,22H,1-3H3,(H,20,24). The summed E-state index contributed by atoms with van der Waals surface area (Å²) in [5.41, 5.74) is 4.36. The van der Waals surface area contributed by atoms with Crippen molar-refractivity contribution in [1.29, 1.82) is 0 Å². The van der Waals surface area contributed by atoms with Crippen molar-refractivity contribution in [3.8, 4) is 5.69 Å². The highest BCUT2D eigenvalue weighted by Crippen LogP contribution is 2.17. The normalized spacial score (nSPS) is 11.2. The topological polar surface area (TPSA) is 93.1 Å². The Bertz CT molecular complexity index is 1070. The molecule has 3 rings (SSSR count). The summed E-state index contributed by atoms with van der Waals surface area (Å²) in [4.78, 5) is 12.4. The van der Waals surface area contributed by atoms with Gasteiger partial charge in [-0.1, -0.05) is 0 Å². The molecule has 0 aliphatic carbocycles. The summed E-state index contributed by atoms with van der Waals surface area (Å²) in [6.45, 7) is 3.91. The molecule has 0 bridgehead atoms. The van der Waals surface area contributed by atoms with E-state index in [4.69, 9.17) is 0 Å². The van der Waals surface area contributed by atoms with Gasteiger partial charge in [-0.05, 0) is 68.4 Å². The van der Waals surface area contributed by atoms with Crippen LogP contribution >= 0.6 is 0 Å². The lowest BCUT2D eigenvalue weighted by molar-refractivity contribution is 0.102. The van der Waals surface area contributed by atoms with Crippen LogP contribution in [0.1, 0.15) is 21.7 Å². The molecule has 0 saturated heterocycles. The Morgan fingerprint density at radius 3 is 2.07 bits per heavy atom. The van der Waals surface area contributed by atoms with E-state index in [0.29, 0.717) is 16.9 Å². The Labute approximate surface area is 158 Å². The minimum absolute atomic E-state index is 0.251. The summed E-state index contributed by atoms with van der Waals surface area (Å²) in [5, 5.41) is 7.21. The lowest BCUT2D eigenvalue weighted by atomic mass is 10.2. The molecule has 2 aromatic carbocycles. The first kappa shape index (κ1) is 18.7. The Hall–Kier alpha value is -3.13. The van der Waals surface area contributed by atoms with E-state index in [2.05, 4.69) is 15.1 Å². The Balaban J connectivity index is 1.70. The minimum Gasteiger partial charge on any atom is -0.322 e. The first-order chi connectivity index (χ1) is 12.7. The molecule has 0 aliphatic rings. The van der Waals surface area contributed by atoms with Gasteiger partial charge in [-0.25, -0.2) is 13.1 Å². The predicted octanol–water partition coefficient (Wildman–Crippen LogP) is 3.11. The highest BCUT2D eigenvalue weighted by Gasteiger charge is 2.09. The van der Waals surface area contributed by atoms with Crippen LogP contribution in [0.15, 0.2) is 54.6 Å². The molecule has 1 aromatic heterocycles. The molecule has 1 heterocycles. The van der Waals surface area contributed by atoms with Gasteiger partial charge in [-0.2, -0.15) is 5.10 Å². The maximum absolute atomic E-state index is 12.4. The number of carbonyl (C=O) groups is 1. The number of hydrogen-bond acceptors (Lipinski definition) is 4. The molecule has 0 spiro atoms. The van der Waals surface area contributed by atoms with Crippen LogP contribution in [0.5, 0.6) is 0 Å². The molecule has 0 atom stereocenters. The van der Waals surface area contributed by atoms with Crippen LogP contribution in [0.4, 0.5) is 11.4 Å². The molecule has 8 heteroatoms. The lowest BCUT2D eigenvalue weighted by Gasteiger charge is -2.09. The summed E-state index contributed by atoms with van der Waals surface area (Å²) in [7, 11) is -3.33. The minimum atomic E-state index is -3.33. The second-order valence-electron chi connectivity index (χ2n) is 6.29. The van der Waals surface area contributed by atoms with Crippen molar-refractivity contribution in [3.05, 3.63) is 71.5 Å². The number of amides is 1. The zero-order valence-electron chi connectivity index (χ0n) is 15.2. The molecule has 2 N–H and O–H groups in total. The van der Waals surface area contributed by atoms with Gasteiger partial charge in [0.2, 0.25) is 10.0 Å².